The van der Waals surface area contributed by atoms with E-state index in [1.165, 1.54) is 0 Å². The van der Waals surface area contributed by atoms with Crippen molar-refractivity contribution in [3.63, 3.8) is 0 Å². The lowest BCUT2D eigenvalue weighted by Crippen LogP contribution is -2.37. The number of hydrogen-bond acceptors (Lipinski definition) is 8. The topological polar surface area (TPSA) is 126 Å². The van der Waals surface area contributed by atoms with Gasteiger partial charge in [-0.25, -0.2) is 0 Å². The molecule has 1 aromatic heterocycles. The second kappa shape index (κ2) is 7.09. The number of aromatic nitrogens is 3. The number of anilines is 3. The first-order valence-electron chi connectivity index (χ1n) is 7.52. The molecule has 0 bridgehead atoms. The van der Waals surface area contributed by atoms with Gasteiger partial charge < -0.3 is 25.8 Å². The lowest BCUT2D eigenvalue weighted by Gasteiger charge is -2.27. The summed E-state index contributed by atoms with van der Waals surface area (Å²) in [7, 11) is 0. The summed E-state index contributed by atoms with van der Waals surface area (Å²) < 4.78 is 5.34. The Morgan fingerprint density at radius 3 is 2.79 bits per heavy atom. The van der Waals surface area contributed by atoms with Gasteiger partial charge in [-0.1, -0.05) is 12.1 Å². The Hall–Kier alpha value is -2.94. The number of rotatable bonds is 5. The number of morpholine rings is 1. The average Bonchev–Trinajstić information content (AvgIpc) is 2.60. The van der Waals surface area contributed by atoms with Crippen molar-refractivity contribution in [2.24, 2.45) is 0 Å². The van der Waals surface area contributed by atoms with Crippen LogP contribution in [0.1, 0.15) is 0 Å². The monoisotopic (exact) mass is 330 g/mol. The number of nitrogens with zero attached hydrogens (tertiary/aromatic N) is 4. The van der Waals surface area contributed by atoms with Crippen LogP contribution >= 0.6 is 0 Å². The number of aliphatic carboxylic acids is 1. The van der Waals surface area contributed by atoms with Gasteiger partial charge in [0, 0.05) is 24.3 Å². The SMILES string of the molecule is Nc1cccc(-c2nc(NCC(=O)O)nc(N3CCOCC3)n2)c1. The van der Waals surface area contributed by atoms with E-state index in [4.69, 9.17) is 15.6 Å². The highest BCUT2D eigenvalue weighted by molar-refractivity contribution is 5.72. The first-order valence-corrected chi connectivity index (χ1v) is 7.52. The fraction of sp³-hybridized carbons (Fsp3) is 0.333. The van der Waals surface area contributed by atoms with Crippen molar-refractivity contribution in [1.82, 2.24) is 15.0 Å². The molecule has 9 heteroatoms. The van der Waals surface area contributed by atoms with Crippen LogP contribution in [0.4, 0.5) is 17.6 Å². The minimum atomic E-state index is -0.992. The van der Waals surface area contributed by atoms with Crippen molar-refractivity contribution in [2.75, 3.05) is 48.8 Å². The molecule has 24 heavy (non-hydrogen) atoms. The van der Waals surface area contributed by atoms with Crippen LogP contribution in [0.2, 0.25) is 0 Å². The fourth-order valence-corrected chi connectivity index (χ4v) is 2.31. The average molecular weight is 330 g/mol. The Morgan fingerprint density at radius 2 is 2.08 bits per heavy atom. The summed E-state index contributed by atoms with van der Waals surface area (Å²) in [6.07, 6.45) is 0. The Labute approximate surface area is 138 Å². The zero-order valence-corrected chi connectivity index (χ0v) is 13.0. The summed E-state index contributed by atoms with van der Waals surface area (Å²) in [6.45, 7) is 2.24. The number of nitrogen functional groups attached to an aromatic ring is 1. The molecule has 0 spiro atoms. The summed E-state index contributed by atoms with van der Waals surface area (Å²) in [5.74, 6) is 0.144. The van der Waals surface area contributed by atoms with Gasteiger partial charge >= 0.3 is 5.97 Å². The molecular weight excluding hydrogens is 312 g/mol. The molecule has 0 aliphatic carbocycles. The molecule has 3 rings (SSSR count). The van der Waals surface area contributed by atoms with E-state index < -0.39 is 5.97 Å². The number of ether oxygens (including phenoxy) is 1. The highest BCUT2D eigenvalue weighted by atomic mass is 16.5. The van der Waals surface area contributed by atoms with Gasteiger partial charge in [-0.2, -0.15) is 15.0 Å². The second-order valence-electron chi connectivity index (χ2n) is 5.25. The Balaban J connectivity index is 1.96. The molecule has 1 aromatic carbocycles. The minimum absolute atomic E-state index is 0.214. The zero-order valence-electron chi connectivity index (χ0n) is 13.0. The summed E-state index contributed by atoms with van der Waals surface area (Å²) in [5.41, 5.74) is 7.16. The molecule has 2 heterocycles. The van der Waals surface area contributed by atoms with E-state index in [1.54, 1.807) is 12.1 Å². The van der Waals surface area contributed by atoms with Crippen molar-refractivity contribution in [2.45, 2.75) is 0 Å². The highest BCUT2D eigenvalue weighted by Crippen LogP contribution is 2.22. The predicted molar refractivity (Wildman–Crippen MR) is 88.8 cm³/mol. The molecule has 2 aromatic rings. The molecular formula is C15H18N6O3. The van der Waals surface area contributed by atoms with Gasteiger partial charge in [0.15, 0.2) is 5.82 Å². The number of nitrogens with one attached hydrogen (secondary N) is 1. The largest absolute Gasteiger partial charge is 0.480 e. The standard InChI is InChI=1S/C15H18N6O3/c16-11-3-1-2-10(8-11)13-18-14(17-9-12(22)23)20-15(19-13)21-4-6-24-7-5-21/h1-3,8H,4-7,9,16H2,(H,22,23)(H,17,18,19,20). The molecule has 1 saturated heterocycles. The molecule has 0 radical (unpaired) electrons. The summed E-state index contributed by atoms with van der Waals surface area (Å²) in [5, 5.41) is 11.5. The van der Waals surface area contributed by atoms with E-state index in [1.807, 2.05) is 17.0 Å². The van der Waals surface area contributed by atoms with E-state index in [2.05, 4.69) is 20.3 Å². The molecule has 0 amide bonds. The quantitative estimate of drug-likeness (QED) is 0.670. The Kier molecular flexibility index (Phi) is 4.71. The molecule has 0 saturated carbocycles. The van der Waals surface area contributed by atoms with E-state index in [9.17, 15) is 4.79 Å². The lowest BCUT2D eigenvalue weighted by molar-refractivity contribution is -0.134. The number of carbonyl (C=O) groups is 1. The molecule has 0 atom stereocenters. The van der Waals surface area contributed by atoms with Crippen LogP contribution in [0.3, 0.4) is 0 Å². The Bertz CT molecular complexity index is 733. The first-order chi connectivity index (χ1) is 11.6. The molecule has 4 N–H and O–H groups in total. The van der Waals surface area contributed by atoms with E-state index in [0.29, 0.717) is 43.8 Å². The maximum Gasteiger partial charge on any atom is 0.322 e. The number of carboxylic acids is 1. The van der Waals surface area contributed by atoms with Gasteiger partial charge in [0.25, 0.3) is 0 Å². The van der Waals surface area contributed by atoms with Crippen LogP contribution in [0.15, 0.2) is 24.3 Å². The Morgan fingerprint density at radius 1 is 1.29 bits per heavy atom. The maximum absolute atomic E-state index is 10.8. The van der Waals surface area contributed by atoms with E-state index in [-0.39, 0.29) is 12.5 Å². The van der Waals surface area contributed by atoms with Crippen LogP contribution in [0, 0.1) is 0 Å². The van der Waals surface area contributed by atoms with Gasteiger partial charge in [0.05, 0.1) is 13.2 Å². The summed E-state index contributed by atoms with van der Waals surface area (Å²) in [6, 6.07) is 7.19. The van der Waals surface area contributed by atoms with Crippen molar-refractivity contribution < 1.29 is 14.6 Å². The molecule has 1 aliphatic rings. The highest BCUT2D eigenvalue weighted by Gasteiger charge is 2.17. The van der Waals surface area contributed by atoms with Gasteiger partial charge in [-0.15, -0.1) is 0 Å². The molecule has 0 unspecified atom stereocenters. The minimum Gasteiger partial charge on any atom is -0.480 e. The number of benzene rings is 1. The van der Waals surface area contributed by atoms with Crippen molar-refractivity contribution >= 4 is 23.6 Å². The zero-order chi connectivity index (χ0) is 16.9. The maximum atomic E-state index is 10.8. The lowest BCUT2D eigenvalue weighted by atomic mass is 10.2. The van der Waals surface area contributed by atoms with E-state index >= 15 is 0 Å². The van der Waals surface area contributed by atoms with Gasteiger partial charge in [-0.05, 0) is 12.1 Å². The number of nitrogens with two attached hydrogens (primary N) is 1. The van der Waals surface area contributed by atoms with E-state index in [0.717, 1.165) is 5.56 Å². The smallest absolute Gasteiger partial charge is 0.322 e. The number of hydrogen-bond donors (Lipinski definition) is 3. The third-order valence-corrected chi connectivity index (χ3v) is 3.46. The first kappa shape index (κ1) is 15.9. The molecule has 1 aliphatic heterocycles. The molecule has 9 nitrogen and oxygen atoms in total. The molecule has 126 valence electrons. The predicted octanol–water partition coefficient (Wildman–Crippen LogP) is 0.454. The molecule has 1 fully saturated rings. The van der Waals surface area contributed by atoms with Crippen LogP contribution < -0.4 is 16.0 Å². The van der Waals surface area contributed by atoms with Gasteiger partial charge in [0.1, 0.15) is 6.54 Å². The third kappa shape index (κ3) is 3.87. The van der Waals surface area contributed by atoms with Crippen molar-refractivity contribution in [1.29, 1.82) is 0 Å². The van der Waals surface area contributed by atoms with Gasteiger partial charge in [0.2, 0.25) is 11.9 Å². The van der Waals surface area contributed by atoms with Crippen LogP contribution in [0.5, 0.6) is 0 Å². The van der Waals surface area contributed by atoms with Crippen LogP contribution in [-0.4, -0.2) is 58.9 Å². The summed E-state index contributed by atoms with van der Waals surface area (Å²) >= 11 is 0. The van der Waals surface area contributed by atoms with Crippen molar-refractivity contribution in [3.8, 4) is 11.4 Å². The van der Waals surface area contributed by atoms with Crippen molar-refractivity contribution in [3.05, 3.63) is 24.3 Å². The van der Waals surface area contributed by atoms with Crippen LogP contribution in [-0.2, 0) is 9.53 Å². The fourth-order valence-electron chi connectivity index (χ4n) is 2.31. The third-order valence-electron chi connectivity index (χ3n) is 3.46. The number of carboxylic acid groups (broad SMARTS) is 1. The van der Waals surface area contributed by atoms with Crippen LogP contribution in [0.25, 0.3) is 11.4 Å². The normalized spacial score (nSPS) is 14.4. The second-order valence-corrected chi connectivity index (χ2v) is 5.25. The summed E-state index contributed by atoms with van der Waals surface area (Å²) in [4.78, 5) is 25.9. The van der Waals surface area contributed by atoms with Gasteiger partial charge in [-0.3, -0.25) is 4.79 Å².